The van der Waals surface area contributed by atoms with Crippen LogP contribution in [0.4, 0.5) is 5.69 Å². The van der Waals surface area contributed by atoms with Gasteiger partial charge in [-0.15, -0.1) is 0 Å². The lowest BCUT2D eigenvalue weighted by Gasteiger charge is -2.17. The van der Waals surface area contributed by atoms with Crippen LogP contribution in [0.3, 0.4) is 0 Å². The maximum atomic E-state index is 12.3. The average Bonchev–Trinajstić information content (AvgIpc) is 2.62. The van der Waals surface area contributed by atoms with Crippen LogP contribution in [0, 0.1) is 11.3 Å². The Hall–Kier alpha value is -2.85. The van der Waals surface area contributed by atoms with Gasteiger partial charge in [-0.1, -0.05) is 6.07 Å². The number of nitrogens with one attached hydrogen (secondary N) is 1. The van der Waals surface area contributed by atoms with Crippen LogP contribution < -0.4 is 14.8 Å². The van der Waals surface area contributed by atoms with Crippen LogP contribution in [-0.2, 0) is 4.79 Å². The molecule has 0 aliphatic rings. The molecule has 2 aromatic carbocycles. The molecule has 2 rings (SSSR count). The van der Waals surface area contributed by atoms with E-state index >= 15 is 0 Å². The quantitative estimate of drug-likeness (QED) is 0.746. The van der Waals surface area contributed by atoms with Crippen LogP contribution in [0.2, 0.25) is 0 Å². The Labute approximate surface area is 153 Å². The van der Waals surface area contributed by atoms with Gasteiger partial charge in [0, 0.05) is 15.7 Å². The second-order valence-corrected chi connectivity index (χ2v) is 5.94. The van der Waals surface area contributed by atoms with Crippen molar-refractivity contribution in [1.29, 1.82) is 5.26 Å². The minimum Gasteiger partial charge on any atom is -0.493 e. The fourth-order valence-electron chi connectivity index (χ4n) is 2.05. The molecule has 0 aromatic heterocycles. The van der Waals surface area contributed by atoms with Crippen molar-refractivity contribution in [3.05, 3.63) is 52.0 Å². The average molecular weight is 403 g/mol. The van der Waals surface area contributed by atoms with E-state index in [0.717, 1.165) is 0 Å². The topological polar surface area (TPSA) is 88.4 Å². The molecule has 2 aromatic rings. The van der Waals surface area contributed by atoms with Gasteiger partial charge in [0.15, 0.2) is 23.9 Å². The molecule has 0 saturated heterocycles. The molecule has 0 bridgehead atoms. The first-order valence-corrected chi connectivity index (χ1v) is 8.08. The van der Waals surface area contributed by atoms with Crippen molar-refractivity contribution in [3.8, 4) is 17.6 Å². The van der Waals surface area contributed by atoms with Crippen molar-refractivity contribution in [2.75, 3.05) is 12.4 Å². The smallest absolute Gasteiger partial charge is 0.265 e. The molecular formula is C18H15BrN2O4. The summed E-state index contributed by atoms with van der Waals surface area (Å²) >= 11 is 3.26. The first-order chi connectivity index (χ1) is 12.0. The largest absolute Gasteiger partial charge is 0.493 e. The number of anilines is 1. The number of amides is 1. The molecule has 6 nitrogen and oxygen atoms in total. The molecule has 0 saturated carbocycles. The van der Waals surface area contributed by atoms with Gasteiger partial charge in [0.2, 0.25) is 0 Å². The molecule has 7 heteroatoms. The number of nitrogens with zero attached hydrogens (tertiary/aromatic N) is 1. The number of carbonyl (C=O) groups is 2. The van der Waals surface area contributed by atoms with E-state index < -0.39 is 12.0 Å². The van der Waals surface area contributed by atoms with Gasteiger partial charge < -0.3 is 14.8 Å². The van der Waals surface area contributed by atoms with E-state index in [0.29, 0.717) is 33.3 Å². The molecule has 0 aliphatic carbocycles. The predicted molar refractivity (Wildman–Crippen MR) is 96.0 cm³/mol. The summed E-state index contributed by atoms with van der Waals surface area (Å²) in [6, 6.07) is 11.7. The zero-order chi connectivity index (χ0) is 18.4. The number of benzene rings is 2. The maximum absolute atomic E-state index is 12.3. The van der Waals surface area contributed by atoms with Crippen molar-refractivity contribution >= 4 is 33.8 Å². The molecule has 0 spiro atoms. The van der Waals surface area contributed by atoms with Gasteiger partial charge in [0.1, 0.15) is 0 Å². The van der Waals surface area contributed by atoms with Crippen LogP contribution in [0.25, 0.3) is 0 Å². The number of nitriles is 1. The van der Waals surface area contributed by atoms with Gasteiger partial charge in [-0.2, -0.15) is 5.26 Å². The van der Waals surface area contributed by atoms with E-state index in [9.17, 15) is 9.59 Å². The predicted octanol–water partition coefficient (Wildman–Crippen LogP) is 3.55. The summed E-state index contributed by atoms with van der Waals surface area (Å²) in [5.74, 6) is 0.276. The van der Waals surface area contributed by atoms with Gasteiger partial charge in [0.25, 0.3) is 5.91 Å². The third-order valence-electron chi connectivity index (χ3n) is 3.34. The van der Waals surface area contributed by atoms with Crippen LogP contribution >= 0.6 is 15.9 Å². The Kier molecular flexibility index (Phi) is 6.14. The van der Waals surface area contributed by atoms with E-state index in [1.165, 1.54) is 13.2 Å². The zero-order valence-electron chi connectivity index (χ0n) is 13.6. The van der Waals surface area contributed by atoms with Crippen LogP contribution in [0.1, 0.15) is 22.8 Å². The number of carbonyl (C=O) groups excluding carboxylic acids is 2. The lowest BCUT2D eigenvalue weighted by Crippen LogP contribution is -2.30. The standard InChI is InChI=1S/C18H15BrN2O4/c1-11(18(23)21-14-5-3-4-12(6-14)9-20)25-17-7-13(10-22)15(19)8-16(17)24-2/h3-8,10-11H,1-2H3,(H,21,23)/t11-/m0/s1. The fourth-order valence-corrected chi connectivity index (χ4v) is 2.46. The zero-order valence-corrected chi connectivity index (χ0v) is 15.2. The number of ether oxygens (including phenoxy) is 2. The molecule has 1 N–H and O–H groups in total. The van der Waals surface area contributed by atoms with Gasteiger partial charge in [-0.05, 0) is 53.2 Å². The summed E-state index contributed by atoms with van der Waals surface area (Å²) in [5.41, 5.74) is 1.32. The number of rotatable bonds is 6. The van der Waals surface area contributed by atoms with E-state index in [2.05, 4.69) is 21.2 Å². The molecule has 0 fully saturated rings. The second-order valence-electron chi connectivity index (χ2n) is 5.08. The highest BCUT2D eigenvalue weighted by Gasteiger charge is 2.18. The van der Waals surface area contributed by atoms with Gasteiger partial charge in [0.05, 0.1) is 18.7 Å². The van der Waals surface area contributed by atoms with Gasteiger partial charge in [-0.25, -0.2) is 0 Å². The Bertz CT molecular complexity index is 845. The molecule has 0 unspecified atom stereocenters. The van der Waals surface area contributed by atoms with E-state index in [1.807, 2.05) is 6.07 Å². The summed E-state index contributed by atoms with van der Waals surface area (Å²) < 4.78 is 11.4. The van der Waals surface area contributed by atoms with E-state index in [-0.39, 0.29) is 5.75 Å². The summed E-state index contributed by atoms with van der Waals surface area (Å²) in [5, 5.41) is 11.6. The normalized spacial score (nSPS) is 11.1. The van der Waals surface area contributed by atoms with Crippen molar-refractivity contribution in [2.24, 2.45) is 0 Å². The Morgan fingerprint density at radius 1 is 1.32 bits per heavy atom. The number of methoxy groups -OCH3 is 1. The van der Waals surface area contributed by atoms with E-state index in [4.69, 9.17) is 14.7 Å². The number of hydrogen-bond donors (Lipinski definition) is 1. The number of halogens is 1. The van der Waals surface area contributed by atoms with Crippen molar-refractivity contribution in [1.82, 2.24) is 0 Å². The highest BCUT2D eigenvalue weighted by Crippen LogP contribution is 2.33. The minimum atomic E-state index is -0.847. The summed E-state index contributed by atoms with van der Waals surface area (Å²) in [7, 11) is 1.47. The molecule has 0 heterocycles. The monoisotopic (exact) mass is 402 g/mol. The third kappa shape index (κ3) is 4.58. The summed E-state index contributed by atoms with van der Waals surface area (Å²) in [6.45, 7) is 1.57. The Morgan fingerprint density at radius 2 is 2.08 bits per heavy atom. The van der Waals surface area contributed by atoms with Crippen LogP contribution in [0.5, 0.6) is 11.5 Å². The van der Waals surface area contributed by atoms with Gasteiger partial charge >= 0.3 is 0 Å². The van der Waals surface area contributed by atoms with Crippen molar-refractivity contribution < 1.29 is 19.1 Å². The lowest BCUT2D eigenvalue weighted by molar-refractivity contribution is -0.122. The lowest BCUT2D eigenvalue weighted by atomic mass is 10.2. The molecule has 128 valence electrons. The highest BCUT2D eigenvalue weighted by molar-refractivity contribution is 9.10. The summed E-state index contributed by atoms with van der Waals surface area (Å²) in [6.07, 6.45) is -0.172. The first-order valence-electron chi connectivity index (χ1n) is 7.29. The first kappa shape index (κ1) is 18.5. The van der Waals surface area contributed by atoms with Crippen LogP contribution in [0.15, 0.2) is 40.9 Å². The van der Waals surface area contributed by atoms with Crippen molar-refractivity contribution in [2.45, 2.75) is 13.0 Å². The van der Waals surface area contributed by atoms with E-state index in [1.54, 1.807) is 37.3 Å². The summed E-state index contributed by atoms with van der Waals surface area (Å²) in [4.78, 5) is 23.4. The van der Waals surface area contributed by atoms with Crippen molar-refractivity contribution in [3.63, 3.8) is 0 Å². The highest BCUT2D eigenvalue weighted by atomic mass is 79.9. The SMILES string of the molecule is COc1cc(Br)c(C=O)cc1O[C@@H](C)C(=O)Nc1cccc(C#N)c1. The molecule has 1 amide bonds. The molecular weight excluding hydrogens is 388 g/mol. The molecule has 0 aliphatic heterocycles. The molecule has 0 radical (unpaired) electrons. The van der Waals surface area contributed by atoms with Crippen LogP contribution in [-0.4, -0.2) is 25.4 Å². The Morgan fingerprint density at radius 3 is 2.72 bits per heavy atom. The fraction of sp³-hybridized carbons (Fsp3) is 0.167. The Balaban J connectivity index is 2.15. The molecule has 25 heavy (non-hydrogen) atoms. The molecule has 1 atom stereocenters. The second kappa shape index (κ2) is 8.31. The third-order valence-corrected chi connectivity index (χ3v) is 4.03. The van der Waals surface area contributed by atoms with Gasteiger partial charge in [-0.3, -0.25) is 9.59 Å². The number of hydrogen-bond acceptors (Lipinski definition) is 5. The minimum absolute atomic E-state index is 0.279. The maximum Gasteiger partial charge on any atom is 0.265 e. The number of aldehydes is 1.